The van der Waals surface area contributed by atoms with Gasteiger partial charge in [0.05, 0.1) is 6.26 Å². The Labute approximate surface area is 150 Å². The van der Waals surface area contributed by atoms with Crippen LogP contribution in [0.3, 0.4) is 0 Å². The minimum atomic E-state index is -3.21. The Morgan fingerprint density at radius 1 is 1.20 bits per heavy atom. The highest BCUT2D eigenvalue weighted by Crippen LogP contribution is 2.28. The Hall–Kier alpha value is -1.64. The van der Waals surface area contributed by atoms with Crippen molar-refractivity contribution in [1.29, 1.82) is 0 Å². The molecule has 1 unspecified atom stereocenters. The Bertz CT molecular complexity index is 678. The molecule has 7 nitrogen and oxygen atoms in total. The molecule has 0 spiro atoms. The first-order valence-electron chi connectivity index (χ1n) is 8.59. The third kappa shape index (κ3) is 7.01. The van der Waals surface area contributed by atoms with E-state index in [1.165, 1.54) is 11.1 Å². The molecule has 1 heterocycles. The van der Waals surface area contributed by atoms with Crippen LogP contribution < -0.4 is 15.4 Å². The molecule has 140 valence electrons. The fourth-order valence-electron chi connectivity index (χ4n) is 3.14. The Morgan fingerprint density at radius 3 is 2.64 bits per heavy atom. The lowest BCUT2D eigenvalue weighted by atomic mass is 9.94. The number of benzene rings is 1. The molecule has 1 aliphatic rings. The van der Waals surface area contributed by atoms with Gasteiger partial charge < -0.3 is 15.5 Å². The minimum absolute atomic E-state index is 0.191. The van der Waals surface area contributed by atoms with E-state index in [0.29, 0.717) is 12.5 Å². The maximum absolute atomic E-state index is 11.7. The summed E-state index contributed by atoms with van der Waals surface area (Å²) in [4.78, 5) is 14.0. The van der Waals surface area contributed by atoms with Gasteiger partial charge in [0.15, 0.2) is 0 Å². The number of hydrogen-bond donors (Lipinski definition) is 3. The number of carbonyl (C=O) groups is 1. The highest BCUT2D eigenvalue weighted by Gasteiger charge is 2.24. The fraction of sp³-hybridized carbons (Fsp3) is 0.588. The first kappa shape index (κ1) is 19.7. The molecule has 25 heavy (non-hydrogen) atoms. The molecule has 1 aliphatic heterocycles. The topological polar surface area (TPSA) is 90.5 Å². The maximum atomic E-state index is 11.7. The van der Waals surface area contributed by atoms with E-state index in [0.717, 1.165) is 32.3 Å². The molecule has 3 N–H and O–H groups in total. The maximum Gasteiger partial charge on any atom is 0.314 e. The molecule has 0 saturated carbocycles. The molecule has 1 saturated heterocycles. The molecule has 0 bridgehead atoms. The highest BCUT2D eigenvalue weighted by molar-refractivity contribution is 7.88. The molecule has 1 fully saturated rings. The number of urea groups is 1. The van der Waals surface area contributed by atoms with Crippen LogP contribution in [0.5, 0.6) is 0 Å². The van der Waals surface area contributed by atoms with Gasteiger partial charge in [-0.25, -0.2) is 17.9 Å². The summed E-state index contributed by atoms with van der Waals surface area (Å²) in [5.41, 5.74) is 2.77. The zero-order valence-electron chi connectivity index (χ0n) is 14.9. The second kappa shape index (κ2) is 9.17. The largest absolute Gasteiger partial charge is 0.337 e. The first-order valence-corrected chi connectivity index (χ1v) is 10.5. The second-order valence-electron chi connectivity index (χ2n) is 6.49. The number of amides is 2. The van der Waals surface area contributed by atoms with Gasteiger partial charge >= 0.3 is 6.03 Å². The van der Waals surface area contributed by atoms with Crippen LogP contribution in [0.2, 0.25) is 0 Å². The van der Waals surface area contributed by atoms with Crippen molar-refractivity contribution in [3.8, 4) is 0 Å². The van der Waals surface area contributed by atoms with Crippen molar-refractivity contribution >= 4 is 16.1 Å². The van der Waals surface area contributed by atoms with E-state index in [2.05, 4.69) is 51.4 Å². The summed E-state index contributed by atoms with van der Waals surface area (Å²) in [6.07, 6.45) is 2.24. The summed E-state index contributed by atoms with van der Waals surface area (Å²) < 4.78 is 24.1. The van der Waals surface area contributed by atoms with Crippen LogP contribution in [0.25, 0.3) is 0 Å². The van der Waals surface area contributed by atoms with Gasteiger partial charge in [-0.3, -0.25) is 0 Å². The Kier molecular flexibility index (Phi) is 7.22. The number of nitrogens with zero attached hydrogens (tertiary/aromatic N) is 1. The molecule has 2 rings (SSSR count). The van der Waals surface area contributed by atoms with Crippen LogP contribution in [0.1, 0.15) is 23.5 Å². The van der Waals surface area contributed by atoms with Gasteiger partial charge in [-0.2, -0.15) is 0 Å². The standard InChI is InChI=1S/C17H28N4O3S/c1-14-5-3-4-6-16(14)15-7-11-21(13-15)12-10-19-17(22)18-8-9-20-25(2,23)24/h3-6,15,20H,7-13H2,1-2H3,(H2,18,19,22). The average molecular weight is 369 g/mol. The molecule has 1 aromatic carbocycles. The van der Waals surface area contributed by atoms with E-state index in [9.17, 15) is 13.2 Å². The molecular weight excluding hydrogens is 340 g/mol. The van der Waals surface area contributed by atoms with Gasteiger partial charge in [-0.15, -0.1) is 0 Å². The lowest BCUT2D eigenvalue weighted by molar-refractivity contribution is 0.238. The number of hydrogen-bond acceptors (Lipinski definition) is 4. The molecule has 0 aromatic heterocycles. The van der Waals surface area contributed by atoms with Crippen LogP contribution in [0.15, 0.2) is 24.3 Å². The van der Waals surface area contributed by atoms with Crippen LogP contribution >= 0.6 is 0 Å². The minimum Gasteiger partial charge on any atom is -0.337 e. The van der Waals surface area contributed by atoms with Crippen molar-refractivity contribution in [3.05, 3.63) is 35.4 Å². The van der Waals surface area contributed by atoms with Crippen LogP contribution in [0.4, 0.5) is 4.79 Å². The number of likely N-dealkylation sites (tertiary alicyclic amines) is 1. The zero-order valence-corrected chi connectivity index (χ0v) is 15.7. The Balaban J connectivity index is 1.61. The molecule has 0 radical (unpaired) electrons. The van der Waals surface area contributed by atoms with Crippen molar-refractivity contribution in [3.63, 3.8) is 0 Å². The number of rotatable bonds is 8. The summed E-state index contributed by atoms with van der Waals surface area (Å²) in [6, 6.07) is 8.25. The summed E-state index contributed by atoms with van der Waals surface area (Å²) >= 11 is 0. The van der Waals surface area contributed by atoms with E-state index in [-0.39, 0.29) is 19.1 Å². The lowest BCUT2D eigenvalue weighted by Crippen LogP contribution is -2.42. The molecule has 1 atom stereocenters. The Morgan fingerprint density at radius 2 is 1.92 bits per heavy atom. The third-order valence-corrected chi connectivity index (χ3v) is 5.12. The SMILES string of the molecule is Cc1ccccc1C1CCN(CCNC(=O)NCCNS(C)(=O)=O)C1. The van der Waals surface area contributed by atoms with Crippen molar-refractivity contribution in [1.82, 2.24) is 20.3 Å². The van der Waals surface area contributed by atoms with E-state index >= 15 is 0 Å². The predicted octanol–water partition coefficient (Wildman–Crippen LogP) is 0.633. The van der Waals surface area contributed by atoms with Crippen molar-refractivity contribution in [2.45, 2.75) is 19.3 Å². The molecule has 2 amide bonds. The average Bonchev–Trinajstić information content (AvgIpc) is 3.00. The summed E-state index contributed by atoms with van der Waals surface area (Å²) in [6.45, 7) is 6.06. The van der Waals surface area contributed by atoms with E-state index in [1.807, 2.05) is 0 Å². The van der Waals surface area contributed by atoms with Gasteiger partial charge in [0.2, 0.25) is 10.0 Å². The summed E-state index contributed by atoms with van der Waals surface area (Å²) in [7, 11) is -3.21. The number of nitrogens with one attached hydrogen (secondary N) is 3. The monoisotopic (exact) mass is 368 g/mol. The number of carbonyl (C=O) groups excluding carboxylic acids is 1. The summed E-state index contributed by atoms with van der Waals surface area (Å²) in [5, 5.41) is 5.43. The van der Waals surface area contributed by atoms with Crippen molar-refractivity contribution in [2.24, 2.45) is 0 Å². The van der Waals surface area contributed by atoms with E-state index in [4.69, 9.17) is 0 Å². The molecule has 8 heteroatoms. The van der Waals surface area contributed by atoms with Gasteiger partial charge in [0, 0.05) is 32.7 Å². The van der Waals surface area contributed by atoms with Gasteiger partial charge in [0.1, 0.15) is 0 Å². The van der Waals surface area contributed by atoms with Gasteiger partial charge in [0.25, 0.3) is 0 Å². The predicted molar refractivity (Wildman–Crippen MR) is 99.2 cm³/mol. The van der Waals surface area contributed by atoms with Crippen LogP contribution in [-0.2, 0) is 10.0 Å². The summed E-state index contributed by atoms with van der Waals surface area (Å²) in [5.74, 6) is 0.567. The zero-order chi connectivity index (χ0) is 18.3. The van der Waals surface area contributed by atoms with Crippen LogP contribution in [-0.4, -0.2) is 64.9 Å². The van der Waals surface area contributed by atoms with Gasteiger partial charge in [-0.05, 0) is 36.9 Å². The van der Waals surface area contributed by atoms with Crippen LogP contribution in [0, 0.1) is 6.92 Å². The van der Waals surface area contributed by atoms with E-state index < -0.39 is 10.0 Å². The second-order valence-corrected chi connectivity index (χ2v) is 8.32. The fourth-order valence-corrected chi connectivity index (χ4v) is 3.61. The highest BCUT2D eigenvalue weighted by atomic mass is 32.2. The first-order chi connectivity index (χ1) is 11.8. The molecule has 0 aliphatic carbocycles. The smallest absolute Gasteiger partial charge is 0.314 e. The molecule has 1 aromatic rings. The van der Waals surface area contributed by atoms with Crippen molar-refractivity contribution < 1.29 is 13.2 Å². The van der Waals surface area contributed by atoms with E-state index in [1.54, 1.807) is 0 Å². The van der Waals surface area contributed by atoms with Gasteiger partial charge in [-0.1, -0.05) is 24.3 Å². The lowest BCUT2D eigenvalue weighted by Gasteiger charge is -2.17. The number of sulfonamides is 1. The quantitative estimate of drug-likeness (QED) is 0.587. The molecular formula is C17H28N4O3S. The van der Waals surface area contributed by atoms with Crippen molar-refractivity contribution in [2.75, 3.05) is 45.5 Å². The third-order valence-electron chi connectivity index (χ3n) is 4.39. The number of aryl methyl sites for hydroxylation is 1. The normalized spacial score (nSPS) is 18.2.